The molecule has 0 unspecified atom stereocenters. The van der Waals surface area contributed by atoms with Gasteiger partial charge in [0.2, 0.25) is 5.91 Å². The van der Waals surface area contributed by atoms with Crippen LogP contribution in [0, 0.1) is 20.8 Å². The summed E-state index contributed by atoms with van der Waals surface area (Å²) in [5, 5.41) is 2.87. The van der Waals surface area contributed by atoms with E-state index < -0.39 is 6.29 Å². The lowest BCUT2D eigenvalue weighted by Gasteiger charge is -2.14. The molecule has 0 bridgehead atoms. The van der Waals surface area contributed by atoms with Crippen molar-refractivity contribution >= 4 is 11.6 Å². The summed E-state index contributed by atoms with van der Waals surface area (Å²) in [6, 6.07) is 10.3. The Labute approximate surface area is 165 Å². The Kier molecular flexibility index (Phi) is 6.11. The number of fused-ring (bicyclic) bond motifs is 1. The summed E-state index contributed by atoms with van der Waals surface area (Å²) >= 11 is 0. The maximum atomic E-state index is 12.6. The zero-order chi connectivity index (χ0) is 20.3. The van der Waals surface area contributed by atoms with Crippen molar-refractivity contribution < 1.29 is 14.3 Å². The Morgan fingerprint density at radius 1 is 1.11 bits per heavy atom. The molecule has 0 fully saturated rings. The molecule has 148 valence electrons. The Balaban J connectivity index is 1.97. The lowest BCUT2D eigenvalue weighted by atomic mass is 10.0. The van der Waals surface area contributed by atoms with E-state index in [0.717, 1.165) is 28.2 Å². The summed E-state index contributed by atoms with van der Waals surface area (Å²) < 4.78 is 12.3. The first-order valence-corrected chi connectivity index (χ1v) is 9.30. The first kappa shape index (κ1) is 20.0. The fraction of sp³-hybridized carbons (Fsp3) is 0.364. The molecule has 3 rings (SSSR count). The highest BCUT2D eigenvalue weighted by atomic mass is 16.7. The van der Waals surface area contributed by atoms with Gasteiger partial charge in [-0.15, -0.1) is 0 Å². The van der Waals surface area contributed by atoms with E-state index in [9.17, 15) is 4.79 Å². The molecule has 0 atom stereocenters. The minimum atomic E-state index is -0.465. The van der Waals surface area contributed by atoms with Crippen LogP contribution in [0.5, 0.6) is 0 Å². The maximum absolute atomic E-state index is 12.6. The summed E-state index contributed by atoms with van der Waals surface area (Å²) in [4.78, 5) is 17.4. The molecule has 0 spiro atoms. The summed E-state index contributed by atoms with van der Waals surface area (Å²) in [7, 11) is 3.09. The van der Waals surface area contributed by atoms with Crippen molar-refractivity contribution in [1.29, 1.82) is 0 Å². The Morgan fingerprint density at radius 2 is 1.86 bits per heavy atom. The SMILES string of the molecule is COC(CNC(=O)Cc1c(-c2ccc(C)c(C)c2)nc2cc(C)ccn12)OC. The topological polar surface area (TPSA) is 64.9 Å². The molecule has 6 heteroatoms. The fourth-order valence-electron chi connectivity index (χ4n) is 3.16. The first-order valence-electron chi connectivity index (χ1n) is 9.30. The smallest absolute Gasteiger partial charge is 0.226 e. The van der Waals surface area contributed by atoms with Gasteiger partial charge in [-0.25, -0.2) is 4.98 Å². The third kappa shape index (κ3) is 4.24. The average molecular weight is 381 g/mol. The minimum absolute atomic E-state index is 0.105. The highest BCUT2D eigenvalue weighted by Crippen LogP contribution is 2.27. The number of methoxy groups -OCH3 is 2. The number of rotatable bonds is 7. The van der Waals surface area contributed by atoms with Gasteiger partial charge in [0.15, 0.2) is 6.29 Å². The van der Waals surface area contributed by atoms with Crippen LogP contribution in [0.3, 0.4) is 0 Å². The van der Waals surface area contributed by atoms with Gasteiger partial charge in [-0.1, -0.05) is 12.1 Å². The van der Waals surface area contributed by atoms with E-state index in [4.69, 9.17) is 14.5 Å². The lowest BCUT2D eigenvalue weighted by Crippen LogP contribution is -2.35. The maximum Gasteiger partial charge on any atom is 0.226 e. The third-order valence-corrected chi connectivity index (χ3v) is 4.98. The number of carbonyl (C=O) groups excluding carboxylic acids is 1. The first-order chi connectivity index (χ1) is 13.4. The molecule has 2 aromatic heterocycles. The van der Waals surface area contributed by atoms with Gasteiger partial charge in [0.1, 0.15) is 5.65 Å². The summed E-state index contributed by atoms with van der Waals surface area (Å²) in [6.45, 7) is 6.50. The highest BCUT2D eigenvalue weighted by Gasteiger charge is 2.18. The minimum Gasteiger partial charge on any atom is -0.354 e. The predicted octanol–water partition coefficient (Wildman–Crippen LogP) is 3.20. The van der Waals surface area contributed by atoms with E-state index in [1.807, 2.05) is 29.7 Å². The predicted molar refractivity (Wildman–Crippen MR) is 109 cm³/mol. The largest absolute Gasteiger partial charge is 0.354 e. The van der Waals surface area contributed by atoms with Gasteiger partial charge < -0.3 is 19.2 Å². The van der Waals surface area contributed by atoms with Crippen LogP contribution in [0.1, 0.15) is 22.4 Å². The Morgan fingerprint density at radius 3 is 2.54 bits per heavy atom. The van der Waals surface area contributed by atoms with Crippen LogP contribution in [-0.2, 0) is 20.7 Å². The van der Waals surface area contributed by atoms with Crippen LogP contribution in [0.25, 0.3) is 16.9 Å². The normalized spacial score (nSPS) is 11.4. The molecule has 1 N–H and O–H groups in total. The summed E-state index contributed by atoms with van der Waals surface area (Å²) in [5.41, 5.74) is 7.10. The number of nitrogens with one attached hydrogen (secondary N) is 1. The molecule has 1 aromatic carbocycles. The number of benzene rings is 1. The van der Waals surface area contributed by atoms with Crippen LogP contribution in [-0.4, -0.2) is 42.3 Å². The van der Waals surface area contributed by atoms with Gasteiger partial charge in [0.05, 0.1) is 24.4 Å². The highest BCUT2D eigenvalue weighted by molar-refractivity contribution is 5.81. The second kappa shape index (κ2) is 8.54. The van der Waals surface area contributed by atoms with Crippen molar-refractivity contribution in [1.82, 2.24) is 14.7 Å². The molecule has 0 aliphatic carbocycles. The molecule has 0 saturated carbocycles. The number of pyridine rings is 1. The molecule has 0 radical (unpaired) electrons. The number of carbonyl (C=O) groups is 1. The molecule has 0 saturated heterocycles. The van der Waals surface area contributed by atoms with Gasteiger partial charge in [0.25, 0.3) is 0 Å². The lowest BCUT2D eigenvalue weighted by molar-refractivity contribution is -0.126. The molecular formula is C22H27N3O3. The van der Waals surface area contributed by atoms with Gasteiger partial charge >= 0.3 is 0 Å². The van der Waals surface area contributed by atoms with Crippen LogP contribution in [0.4, 0.5) is 0 Å². The number of hydrogen-bond acceptors (Lipinski definition) is 4. The molecule has 2 heterocycles. The summed E-state index contributed by atoms with van der Waals surface area (Å²) in [6.07, 6.45) is 1.72. The van der Waals surface area contributed by atoms with Crippen molar-refractivity contribution in [2.24, 2.45) is 0 Å². The number of imidazole rings is 1. The molecule has 3 aromatic rings. The van der Waals surface area contributed by atoms with Crippen LogP contribution < -0.4 is 5.32 Å². The molecule has 28 heavy (non-hydrogen) atoms. The zero-order valence-electron chi connectivity index (χ0n) is 17.1. The summed E-state index contributed by atoms with van der Waals surface area (Å²) in [5.74, 6) is -0.105. The second-order valence-electron chi connectivity index (χ2n) is 7.02. The Bertz CT molecular complexity index is 990. The number of aromatic nitrogens is 2. The van der Waals surface area contributed by atoms with Crippen molar-refractivity contribution in [3.63, 3.8) is 0 Å². The Hall–Kier alpha value is -2.70. The van der Waals surface area contributed by atoms with E-state index in [-0.39, 0.29) is 12.3 Å². The van der Waals surface area contributed by atoms with Crippen LogP contribution in [0.15, 0.2) is 36.5 Å². The number of ether oxygens (including phenoxy) is 2. The molecule has 6 nitrogen and oxygen atoms in total. The van der Waals surface area contributed by atoms with E-state index in [1.54, 1.807) is 14.2 Å². The number of hydrogen-bond donors (Lipinski definition) is 1. The second-order valence-corrected chi connectivity index (χ2v) is 7.02. The van der Waals surface area contributed by atoms with Crippen LogP contribution >= 0.6 is 0 Å². The van der Waals surface area contributed by atoms with Gasteiger partial charge in [-0.2, -0.15) is 0 Å². The third-order valence-electron chi connectivity index (χ3n) is 4.98. The molecule has 0 aliphatic heterocycles. The average Bonchev–Trinajstić information content (AvgIpc) is 3.02. The van der Waals surface area contributed by atoms with Crippen molar-refractivity contribution in [2.75, 3.05) is 20.8 Å². The fourth-order valence-corrected chi connectivity index (χ4v) is 3.16. The van der Waals surface area contributed by atoms with E-state index in [0.29, 0.717) is 6.54 Å². The van der Waals surface area contributed by atoms with Gasteiger partial charge in [0, 0.05) is 26.0 Å². The van der Waals surface area contributed by atoms with E-state index in [2.05, 4.69) is 37.4 Å². The standard InChI is InChI=1S/C22H27N3O3/c1-14-8-9-25-18(12-20(26)23-13-21(27-4)28-5)22(24-19(25)10-14)17-7-6-15(2)16(3)11-17/h6-11,21H,12-13H2,1-5H3,(H,23,26). The molecule has 1 amide bonds. The quantitative estimate of drug-likeness (QED) is 0.639. The van der Waals surface area contributed by atoms with Crippen molar-refractivity contribution in [2.45, 2.75) is 33.5 Å². The zero-order valence-corrected chi connectivity index (χ0v) is 17.1. The van der Waals surface area contributed by atoms with Gasteiger partial charge in [-0.3, -0.25) is 4.79 Å². The van der Waals surface area contributed by atoms with Crippen molar-refractivity contribution in [3.05, 3.63) is 58.9 Å². The van der Waals surface area contributed by atoms with Crippen molar-refractivity contribution in [3.8, 4) is 11.3 Å². The molecule has 0 aliphatic rings. The molecular weight excluding hydrogens is 354 g/mol. The number of nitrogens with zero attached hydrogens (tertiary/aromatic N) is 2. The number of aryl methyl sites for hydroxylation is 3. The van der Waals surface area contributed by atoms with E-state index in [1.165, 1.54) is 11.1 Å². The van der Waals surface area contributed by atoms with E-state index >= 15 is 0 Å². The number of amides is 1. The van der Waals surface area contributed by atoms with Crippen LogP contribution in [0.2, 0.25) is 0 Å². The van der Waals surface area contributed by atoms with Gasteiger partial charge in [-0.05, 0) is 55.7 Å². The monoisotopic (exact) mass is 381 g/mol.